The molecule has 0 aromatic rings. The maximum atomic E-state index is 11.6. The van der Waals surface area contributed by atoms with Crippen LogP contribution < -0.4 is 5.32 Å². The second kappa shape index (κ2) is 8.34. The SMILES string of the molecule is CC=CC=CC(=O)NC1CCN(C(=O)OCC)CC1. The number of piperidine rings is 1. The molecule has 0 radical (unpaired) electrons. The Morgan fingerprint density at radius 3 is 2.58 bits per heavy atom. The largest absolute Gasteiger partial charge is 0.450 e. The molecule has 19 heavy (non-hydrogen) atoms. The van der Waals surface area contributed by atoms with E-state index in [1.54, 1.807) is 17.9 Å². The number of carbonyl (C=O) groups is 2. The first kappa shape index (κ1) is 15.3. The zero-order valence-electron chi connectivity index (χ0n) is 11.6. The number of rotatable bonds is 4. The monoisotopic (exact) mass is 266 g/mol. The molecule has 0 saturated carbocycles. The van der Waals surface area contributed by atoms with Crippen molar-refractivity contribution in [3.05, 3.63) is 24.3 Å². The summed E-state index contributed by atoms with van der Waals surface area (Å²) >= 11 is 0. The van der Waals surface area contributed by atoms with Gasteiger partial charge < -0.3 is 15.0 Å². The van der Waals surface area contributed by atoms with Gasteiger partial charge in [-0.05, 0) is 26.7 Å². The van der Waals surface area contributed by atoms with Crippen LogP contribution in [0.1, 0.15) is 26.7 Å². The minimum Gasteiger partial charge on any atom is -0.450 e. The van der Waals surface area contributed by atoms with Crippen LogP contribution in [0, 0.1) is 0 Å². The summed E-state index contributed by atoms with van der Waals surface area (Å²) in [5.74, 6) is -0.0901. The molecule has 5 heteroatoms. The summed E-state index contributed by atoms with van der Waals surface area (Å²) in [6, 6.07) is 0.133. The van der Waals surface area contributed by atoms with Crippen LogP contribution in [0.5, 0.6) is 0 Å². The van der Waals surface area contributed by atoms with E-state index in [2.05, 4.69) is 5.32 Å². The first-order valence-corrected chi connectivity index (χ1v) is 6.69. The number of hydrogen-bond acceptors (Lipinski definition) is 3. The van der Waals surface area contributed by atoms with Gasteiger partial charge in [-0.3, -0.25) is 4.79 Å². The molecule has 1 saturated heterocycles. The Morgan fingerprint density at radius 2 is 2.00 bits per heavy atom. The summed E-state index contributed by atoms with van der Waals surface area (Å²) in [7, 11) is 0. The van der Waals surface area contributed by atoms with Gasteiger partial charge in [-0.25, -0.2) is 4.79 Å². The molecule has 106 valence electrons. The smallest absolute Gasteiger partial charge is 0.409 e. The van der Waals surface area contributed by atoms with Crippen LogP contribution in [0.25, 0.3) is 0 Å². The number of ether oxygens (including phenoxy) is 1. The lowest BCUT2D eigenvalue weighted by molar-refractivity contribution is -0.117. The molecule has 1 N–H and O–H groups in total. The van der Waals surface area contributed by atoms with Gasteiger partial charge >= 0.3 is 6.09 Å². The van der Waals surface area contributed by atoms with Crippen LogP contribution in [-0.2, 0) is 9.53 Å². The minimum absolute atomic E-state index is 0.0901. The van der Waals surface area contributed by atoms with Gasteiger partial charge in [-0.15, -0.1) is 0 Å². The average Bonchev–Trinajstić information content (AvgIpc) is 2.40. The van der Waals surface area contributed by atoms with Gasteiger partial charge in [0.1, 0.15) is 0 Å². The third-order valence-corrected chi connectivity index (χ3v) is 2.92. The summed E-state index contributed by atoms with van der Waals surface area (Å²) in [6.45, 7) is 5.34. The molecular weight excluding hydrogens is 244 g/mol. The molecule has 1 aliphatic heterocycles. The second-order valence-electron chi connectivity index (χ2n) is 4.35. The Bertz CT molecular complexity index is 356. The predicted molar refractivity (Wildman–Crippen MR) is 73.7 cm³/mol. The first-order valence-electron chi connectivity index (χ1n) is 6.69. The molecule has 0 unspecified atom stereocenters. The molecule has 1 fully saturated rings. The van der Waals surface area contributed by atoms with E-state index in [9.17, 15) is 9.59 Å². The molecule has 0 aliphatic carbocycles. The van der Waals surface area contributed by atoms with Crippen molar-refractivity contribution in [2.75, 3.05) is 19.7 Å². The summed E-state index contributed by atoms with van der Waals surface area (Å²) < 4.78 is 4.94. The van der Waals surface area contributed by atoms with Gasteiger partial charge in [0.2, 0.25) is 5.91 Å². The van der Waals surface area contributed by atoms with Crippen molar-refractivity contribution in [2.24, 2.45) is 0 Å². The van der Waals surface area contributed by atoms with Crippen molar-refractivity contribution in [3.63, 3.8) is 0 Å². The highest BCUT2D eigenvalue weighted by Crippen LogP contribution is 2.11. The summed E-state index contributed by atoms with van der Waals surface area (Å²) in [4.78, 5) is 24.7. The molecule has 5 nitrogen and oxygen atoms in total. The van der Waals surface area contributed by atoms with Gasteiger partial charge in [-0.2, -0.15) is 0 Å². The van der Waals surface area contributed by atoms with E-state index in [0.717, 1.165) is 12.8 Å². The summed E-state index contributed by atoms with van der Waals surface area (Å²) in [5.41, 5.74) is 0. The lowest BCUT2D eigenvalue weighted by atomic mass is 10.1. The van der Waals surface area contributed by atoms with Gasteiger partial charge in [0.05, 0.1) is 6.61 Å². The Morgan fingerprint density at radius 1 is 1.32 bits per heavy atom. The normalized spacial score (nSPS) is 17.1. The quantitative estimate of drug-likeness (QED) is 0.624. The van der Waals surface area contributed by atoms with Crippen molar-refractivity contribution in [1.82, 2.24) is 10.2 Å². The van der Waals surface area contributed by atoms with E-state index in [1.165, 1.54) is 6.08 Å². The van der Waals surface area contributed by atoms with Gasteiger partial charge in [0.15, 0.2) is 0 Å². The van der Waals surface area contributed by atoms with Crippen molar-refractivity contribution >= 4 is 12.0 Å². The fourth-order valence-electron chi connectivity index (χ4n) is 1.92. The molecule has 1 aliphatic rings. The standard InChI is InChI=1S/C14H22N2O3/c1-3-5-6-7-13(17)15-12-8-10-16(11-9-12)14(18)19-4-2/h3,5-7,12H,4,8-11H2,1-2H3,(H,15,17). The lowest BCUT2D eigenvalue weighted by Gasteiger charge is -2.31. The highest BCUT2D eigenvalue weighted by atomic mass is 16.6. The molecule has 0 bridgehead atoms. The van der Waals surface area contributed by atoms with Crippen molar-refractivity contribution < 1.29 is 14.3 Å². The van der Waals surface area contributed by atoms with E-state index >= 15 is 0 Å². The van der Waals surface area contributed by atoms with Crippen molar-refractivity contribution in [3.8, 4) is 0 Å². The molecular formula is C14H22N2O3. The van der Waals surface area contributed by atoms with Crippen LogP contribution in [0.2, 0.25) is 0 Å². The number of allylic oxidation sites excluding steroid dienone is 3. The van der Waals surface area contributed by atoms with E-state index in [1.807, 2.05) is 19.1 Å². The van der Waals surface area contributed by atoms with Crippen LogP contribution in [0.4, 0.5) is 4.79 Å². The van der Waals surface area contributed by atoms with Crippen LogP contribution in [-0.4, -0.2) is 42.6 Å². The molecule has 0 spiro atoms. The van der Waals surface area contributed by atoms with E-state index in [4.69, 9.17) is 4.74 Å². The number of likely N-dealkylation sites (tertiary alicyclic amines) is 1. The maximum Gasteiger partial charge on any atom is 0.409 e. The van der Waals surface area contributed by atoms with Crippen molar-refractivity contribution in [1.29, 1.82) is 0 Å². The molecule has 1 rings (SSSR count). The van der Waals surface area contributed by atoms with Gasteiger partial charge in [0, 0.05) is 25.2 Å². The number of carbonyl (C=O) groups excluding carboxylic acids is 2. The third kappa shape index (κ3) is 5.59. The number of nitrogens with zero attached hydrogens (tertiary/aromatic N) is 1. The minimum atomic E-state index is -0.264. The van der Waals surface area contributed by atoms with Crippen LogP contribution in [0.3, 0.4) is 0 Å². The lowest BCUT2D eigenvalue weighted by Crippen LogP contribution is -2.46. The summed E-state index contributed by atoms with van der Waals surface area (Å²) in [6.07, 6.45) is 8.16. The van der Waals surface area contributed by atoms with Crippen LogP contribution in [0.15, 0.2) is 24.3 Å². The molecule has 0 atom stereocenters. The predicted octanol–water partition coefficient (Wildman–Crippen LogP) is 1.86. The van der Waals surface area contributed by atoms with E-state index in [-0.39, 0.29) is 18.0 Å². The first-order chi connectivity index (χ1) is 9.17. The fraction of sp³-hybridized carbons (Fsp3) is 0.571. The number of hydrogen-bond donors (Lipinski definition) is 1. The second-order valence-corrected chi connectivity index (χ2v) is 4.35. The Labute approximate surface area is 114 Å². The highest BCUT2D eigenvalue weighted by molar-refractivity contribution is 5.88. The topological polar surface area (TPSA) is 58.6 Å². The van der Waals surface area contributed by atoms with E-state index in [0.29, 0.717) is 19.7 Å². The van der Waals surface area contributed by atoms with Crippen molar-refractivity contribution in [2.45, 2.75) is 32.7 Å². The van der Waals surface area contributed by atoms with Gasteiger partial charge in [0.25, 0.3) is 0 Å². The molecule has 1 heterocycles. The zero-order chi connectivity index (χ0) is 14.1. The Balaban J connectivity index is 2.30. The van der Waals surface area contributed by atoms with E-state index < -0.39 is 0 Å². The fourth-order valence-corrected chi connectivity index (χ4v) is 1.92. The Hall–Kier alpha value is -1.78. The highest BCUT2D eigenvalue weighted by Gasteiger charge is 2.23. The number of nitrogens with one attached hydrogen (secondary N) is 1. The summed E-state index contributed by atoms with van der Waals surface area (Å²) in [5, 5.41) is 2.93. The Kier molecular flexibility index (Phi) is 6.71. The molecule has 2 amide bonds. The van der Waals surface area contributed by atoms with Crippen LogP contribution >= 0.6 is 0 Å². The zero-order valence-corrected chi connectivity index (χ0v) is 11.6. The molecule has 0 aromatic heterocycles. The van der Waals surface area contributed by atoms with Gasteiger partial charge in [-0.1, -0.05) is 18.2 Å². The number of amides is 2. The third-order valence-electron chi connectivity index (χ3n) is 2.92. The molecule has 0 aromatic carbocycles. The average molecular weight is 266 g/mol. The maximum absolute atomic E-state index is 11.6.